The molecule has 1 heterocycles. The summed E-state index contributed by atoms with van der Waals surface area (Å²) >= 11 is 0. The largest absolute Gasteiger partial charge is 0.486 e. The van der Waals surface area contributed by atoms with Crippen molar-refractivity contribution >= 4 is 5.69 Å². The van der Waals surface area contributed by atoms with Crippen molar-refractivity contribution < 1.29 is 4.74 Å². The quantitative estimate of drug-likeness (QED) is 0.841. The lowest BCUT2D eigenvalue weighted by Crippen LogP contribution is -2.01. The van der Waals surface area contributed by atoms with Crippen LogP contribution in [-0.4, -0.2) is 4.98 Å². The SMILES string of the molecule is Cc1cncc(COc2c(C)cc(C)cc2N)c1. The second kappa shape index (κ2) is 5.08. The molecular formula is C15H18N2O. The number of nitrogens with zero attached hydrogens (tertiary/aromatic N) is 1. The number of aromatic nitrogens is 1. The molecule has 3 nitrogen and oxygen atoms in total. The monoisotopic (exact) mass is 242 g/mol. The van der Waals surface area contributed by atoms with E-state index in [1.54, 1.807) is 0 Å². The van der Waals surface area contributed by atoms with Crippen molar-refractivity contribution in [3.63, 3.8) is 0 Å². The summed E-state index contributed by atoms with van der Waals surface area (Å²) in [5, 5.41) is 0. The average Bonchev–Trinajstić information content (AvgIpc) is 2.27. The number of benzene rings is 1. The first-order valence-corrected chi connectivity index (χ1v) is 5.96. The molecule has 94 valence electrons. The van der Waals surface area contributed by atoms with E-state index in [1.807, 2.05) is 39.2 Å². The number of hydrogen-bond donors (Lipinski definition) is 1. The Morgan fingerprint density at radius 2 is 1.83 bits per heavy atom. The van der Waals surface area contributed by atoms with Gasteiger partial charge in [0.15, 0.2) is 0 Å². The molecule has 0 amide bonds. The summed E-state index contributed by atoms with van der Waals surface area (Å²) in [5.74, 6) is 0.766. The van der Waals surface area contributed by atoms with Gasteiger partial charge in [0.05, 0.1) is 5.69 Å². The third kappa shape index (κ3) is 2.80. The summed E-state index contributed by atoms with van der Waals surface area (Å²) < 4.78 is 5.80. The van der Waals surface area contributed by atoms with E-state index in [2.05, 4.69) is 17.1 Å². The molecule has 0 spiro atoms. The first kappa shape index (κ1) is 12.4. The number of nitrogen functional groups attached to an aromatic ring is 1. The van der Waals surface area contributed by atoms with Crippen molar-refractivity contribution in [1.82, 2.24) is 4.98 Å². The molecule has 2 aromatic rings. The molecule has 0 saturated carbocycles. The van der Waals surface area contributed by atoms with Gasteiger partial charge < -0.3 is 10.5 Å². The lowest BCUT2D eigenvalue weighted by atomic mass is 10.1. The summed E-state index contributed by atoms with van der Waals surface area (Å²) in [7, 11) is 0. The van der Waals surface area contributed by atoms with Crippen LogP contribution in [0.25, 0.3) is 0 Å². The van der Waals surface area contributed by atoms with E-state index in [0.717, 1.165) is 28.0 Å². The van der Waals surface area contributed by atoms with Crippen molar-refractivity contribution in [2.45, 2.75) is 27.4 Å². The van der Waals surface area contributed by atoms with Gasteiger partial charge in [-0.25, -0.2) is 0 Å². The Kier molecular flexibility index (Phi) is 3.51. The van der Waals surface area contributed by atoms with Crippen LogP contribution in [0.3, 0.4) is 0 Å². The molecule has 0 aliphatic rings. The maximum Gasteiger partial charge on any atom is 0.145 e. The van der Waals surface area contributed by atoms with Crippen LogP contribution in [0.1, 0.15) is 22.3 Å². The minimum absolute atomic E-state index is 0.489. The molecule has 0 aliphatic heterocycles. The van der Waals surface area contributed by atoms with E-state index in [0.29, 0.717) is 12.3 Å². The van der Waals surface area contributed by atoms with Gasteiger partial charge in [-0.05, 0) is 49.6 Å². The fourth-order valence-corrected chi connectivity index (χ4v) is 2.04. The molecule has 18 heavy (non-hydrogen) atoms. The molecule has 0 fully saturated rings. The number of pyridine rings is 1. The fraction of sp³-hybridized carbons (Fsp3) is 0.267. The molecule has 1 aromatic heterocycles. The van der Waals surface area contributed by atoms with Crippen LogP contribution in [0, 0.1) is 20.8 Å². The van der Waals surface area contributed by atoms with Crippen LogP contribution in [0.15, 0.2) is 30.6 Å². The van der Waals surface area contributed by atoms with Crippen LogP contribution in [0.5, 0.6) is 5.75 Å². The molecule has 0 bridgehead atoms. The number of ether oxygens (including phenoxy) is 1. The zero-order valence-electron chi connectivity index (χ0n) is 11.0. The second-order valence-corrected chi connectivity index (χ2v) is 4.66. The van der Waals surface area contributed by atoms with Gasteiger partial charge in [0, 0.05) is 18.0 Å². The standard InChI is InChI=1S/C15H18N2O/c1-10-4-12(3)15(14(16)6-10)18-9-13-5-11(2)7-17-8-13/h4-8H,9,16H2,1-3H3. The highest BCUT2D eigenvalue weighted by Gasteiger charge is 2.06. The molecule has 1 aromatic carbocycles. The van der Waals surface area contributed by atoms with Gasteiger partial charge in [0.2, 0.25) is 0 Å². The highest BCUT2D eigenvalue weighted by molar-refractivity contribution is 5.58. The van der Waals surface area contributed by atoms with Crippen LogP contribution in [-0.2, 0) is 6.61 Å². The van der Waals surface area contributed by atoms with E-state index in [1.165, 1.54) is 0 Å². The Morgan fingerprint density at radius 3 is 2.50 bits per heavy atom. The van der Waals surface area contributed by atoms with E-state index in [9.17, 15) is 0 Å². The van der Waals surface area contributed by atoms with Gasteiger partial charge in [0.25, 0.3) is 0 Å². The first-order valence-electron chi connectivity index (χ1n) is 5.96. The smallest absolute Gasteiger partial charge is 0.145 e. The Balaban J connectivity index is 2.16. The van der Waals surface area contributed by atoms with Crippen molar-refractivity contribution in [2.75, 3.05) is 5.73 Å². The predicted molar refractivity (Wildman–Crippen MR) is 73.6 cm³/mol. The van der Waals surface area contributed by atoms with Gasteiger partial charge >= 0.3 is 0 Å². The van der Waals surface area contributed by atoms with Gasteiger partial charge in [-0.3, -0.25) is 4.98 Å². The van der Waals surface area contributed by atoms with E-state index >= 15 is 0 Å². The topological polar surface area (TPSA) is 48.1 Å². The second-order valence-electron chi connectivity index (χ2n) is 4.66. The highest BCUT2D eigenvalue weighted by Crippen LogP contribution is 2.28. The van der Waals surface area contributed by atoms with Crippen LogP contribution >= 0.6 is 0 Å². The minimum Gasteiger partial charge on any atom is -0.486 e. The first-order chi connectivity index (χ1) is 8.56. The Morgan fingerprint density at radius 1 is 1.06 bits per heavy atom. The number of anilines is 1. The molecule has 0 aliphatic carbocycles. The highest BCUT2D eigenvalue weighted by atomic mass is 16.5. The van der Waals surface area contributed by atoms with Crippen molar-refractivity contribution in [1.29, 1.82) is 0 Å². The van der Waals surface area contributed by atoms with Crippen molar-refractivity contribution in [2.24, 2.45) is 0 Å². The Bertz CT molecular complexity index is 541. The van der Waals surface area contributed by atoms with Gasteiger partial charge in [-0.2, -0.15) is 0 Å². The number of aryl methyl sites for hydroxylation is 3. The number of nitrogens with two attached hydrogens (primary N) is 1. The van der Waals surface area contributed by atoms with Gasteiger partial charge in [-0.1, -0.05) is 6.07 Å². The zero-order valence-corrected chi connectivity index (χ0v) is 11.0. The van der Waals surface area contributed by atoms with Crippen molar-refractivity contribution in [3.05, 3.63) is 52.8 Å². The minimum atomic E-state index is 0.489. The fourth-order valence-electron chi connectivity index (χ4n) is 2.04. The molecule has 0 unspecified atom stereocenters. The van der Waals surface area contributed by atoms with Crippen LogP contribution in [0.2, 0.25) is 0 Å². The number of rotatable bonds is 3. The molecule has 0 radical (unpaired) electrons. The molecule has 3 heteroatoms. The summed E-state index contributed by atoms with van der Waals surface area (Å²) in [6, 6.07) is 6.06. The third-order valence-corrected chi connectivity index (χ3v) is 2.76. The lowest BCUT2D eigenvalue weighted by molar-refractivity contribution is 0.305. The molecule has 2 rings (SSSR count). The lowest BCUT2D eigenvalue weighted by Gasteiger charge is -2.12. The molecule has 2 N–H and O–H groups in total. The summed E-state index contributed by atoms with van der Waals surface area (Å²) in [6.07, 6.45) is 3.64. The van der Waals surface area contributed by atoms with Gasteiger partial charge in [-0.15, -0.1) is 0 Å². The average molecular weight is 242 g/mol. The third-order valence-electron chi connectivity index (χ3n) is 2.76. The number of hydrogen-bond acceptors (Lipinski definition) is 3. The van der Waals surface area contributed by atoms with Gasteiger partial charge in [0.1, 0.15) is 12.4 Å². The molecular weight excluding hydrogens is 224 g/mol. The summed E-state index contributed by atoms with van der Waals surface area (Å²) in [4.78, 5) is 4.14. The summed E-state index contributed by atoms with van der Waals surface area (Å²) in [6.45, 7) is 6.54. The Hall–Kier alpha value is -2.03. The molecule has 0 saturated heterocycles. The van der Waals surface area contributed by atoms with E-state index in [4.69, 9.17) is 10.5 Å². The zero-order chi connectivity index (χ0) is 13.1. The van der Waals surface area contributed by atoms with Crippen molar-refractivity contribution in [3.8, 4) is 5.75 Å². The predicted octanol–water partition coefficient (Wildman–Crippen LogP) is 3.17. The van der Waals surface area contributed by atoms with E-state index in [-0.39, 0.29) is 0 Å². The van der Waals surface area contributed by atoms with Crippen LogP contribution < -0.4 is 10.5 Å². The maximum absolute atomic E-state index is 5.98. The maximum atomic E-state index is 5.98. The molecule has 0 atom stereocenters. The van der Waals surface area contributed by atoms with Crippen LogP contribution in [0.4, 0.5) is 5.69 Å². The van der Waals surface area contributed by atoms with E-state index < -0.39 is 0 Å². The Labute approximate surface area is 108 Å². The normalized spacial score (nSPS) is 10.4. The summed E-state index contributed by atoms with van der Waals surface area (Å²) in [5.41, 5.74) is 11.1.